The highest BCUT2D eigenvalue weighted by molar-refractivity contribution is 8.00. The molecular formula is C13H22N4OS. The number of rotatable bonds is 5. The van der Waals surface area contributed by atoms with Gasteiger partial charge in [-0.1, -0.05) is 0 Å². The number of thioether (sulfide) groups is 1. The second kappa shape index (κ2) is 6.96. The molecule has 1 aliphatic rings. The Labute approximate surface area is 118 Å². The molecule has 5 nitrogen and oxygen atoms in total. The van der Waals surface area contributed by atoms with Gasteiger partial charge in [0.25, 0.3) is 0 Å². The van der Waals surface area contributed by atoms with Crippen LogP contribution >= 0.6 is 11.8 Å². The van der Waals surface area contributed by atoms with Crippen molar-refractivity contribution in [3.8, 4) is 0 Å². The molecule has 106 valence electrons. The first kappa shape index (κ1) is 14.4. The lowest BCUT2D eigenvalue weighted by atomic mass is 10.2. The van der Waals surface area contributed by atoms with E-state index >= 15 is 0 Å². The smallest absolute Gasteiger partial charge is 0.232 e. The van der Waals surface area contributed by atoms with E-state index in [-0.39, 0.29) is 5.91 Å². The first-order valence-electron chi connectivity index (χ1n) is 6.69. The molecule has 6 heteroatoms. The molecule has 1 aliphatic heterocycles. The Morgan fingerprint density at radius 2 is 2.32 bits per heavy atom. The number of hydrogen-bond acceptors (Lipinski definition) is 4. The average molecular weight is 282 g/mol. The summed E-state index contributed by atoms with van der Waals surface area (Å²) in [6.07, 6.45) is 6.00. The maximum Gasteiger partial charge on any atom is 0.232 e. The van der Waals surface area contributed by atoms with Gasteiger partial charge in [-0.2, -0.15) is 0 Å². The predicted octanol–water partition coefficient (Wildman–Crippen LogP) is 0.864. The Bertz CT molecular complexity index is 415. The van der Waals surface area contributed by atoms with E-state index in [1.807, 2.05) is 24.9 Å². The van der Waals surface area contributed by atoms with Crippen LogP contribution in [0.5, 0.6) is 0 Å². The largest absolute Gasteiger partial charge is 0.338 e. The van der Waals surface area contributed by atoms with E-state index in [1.165, 1.54) is 12.8 Å². The molecule has 1 saturated heterocycles. The number of carbonyl (C=O) groups excluding carboxylic acids is 1. The van der Waals surface area contributed by atoms with Gasteiger partial charge in [-0.05, 0) is 25.9 Å². The van der Waals surface area contributed by atoms with Crippen LogP contribution < -0.4 is 5.32 Å². The van der Waals surface area contributed by atoms with E-state index in [0.29, 0.717) is 17.5 Å². The number of imidazole rings is 1. The highest BCUT2D eigenvalue weighted by Crippen LogP contribution is 2.20. The zero-order valence-corrected chi connectivity index (χ0v) is 12.4. The number of aromatic nitrogens is 2. The van der Waals surface area contributed by atoms with E-state index in [9.17, 15) is 4.79 Å². The van der Waals surface area contributed by atoms with E-state index < -0.39 is 0 Å². The highest BCUT2D eigenvalue weighted by atomic mass is 32.2. The number of carbonyl (C=O) groups is 1. The predicted molar refractivity (Wildman–Crippen MR) is 78.0 cm³/mol. The molecule has 1 fully saturated rings. The molecule has 0 bridgehead atoms. The van der Waals surface area contributed by atoms with Crippen LogP contribution in [0.25, 0.3) is 0 Å². The van der Waals surface area contributed by atoms with Crippen molar-refractivity contribution in [2.75, 3.05) is 25.9 Å². The SMILES string of the molecule is CN(Cc1nccn1C)C(=O)CSC1CCNCC1. The van der Waals surface area contributed by atoms with Crippen LogP contribution in [-0.2, 0) is 18.4 Å². The molecule has 0 aromatic carbocycles. The minimum atomic E-state index is 0.187. The Morgan fingerprint density at radius 1 is 1.58 bits per heavy atom. The van der Waals surface area contributed by atoms with Crippen molar-refractivity contribution in [3.05, 3.63) is 18.2 Å². The normalized spacial score (nSPS) is 16.5. The van der Waals surface area contributed by atoms with E-state index in [0.717, 1.165) is 18.9 Å². The van der Waals surface area contributed by atoms with Crippen molar-refractivity contribution < 1.29 is 4.79 Å². The number of nitrogens with one attached hydrogen (secondary N) is 1. The monoisotopic (exact) mass is 282 g/mol. The summed E-state index contributed by atoms with van der Waals surface area (Å²) in [6, 6.07) is 0. The summed E-state index contributed by atoms with van der Waals surface area (Å²) in [4.78, 5) is 18.1. The number of aryl methyl sites for hydroxylation is 1. The van der Waals surface area contributed by atoms with Gasteiger partial charge in [-0.25, -0.2) is 4.98 Å². The molecule has 2 heterocycles. The van der Waals surface area contributed by atoms with Gasteiger partial charge in [-0.3, -0.25) is 4.79 Å². The van der Waals surface area contributed by atoms with Crippen LogP contribution in [0, 0.1) is 0 Å². The molecule has 0 unspecified atom stereocenters. The van der Waals surface area contributed by atoms with Crippen LogP contribution in [0.4, 0.5) is 0 Å². The second-order valence-corrected chi connectivity index (χ2v) is 6.25. The first-order chi connectivity index (χ1) is 9.16. The quantitative estimate of drug-likeness (QED) is 0.870. The summed E-state index contributed by atoms with van der Waals surface area (Å²) in [7, 11) is 3.80. The zero-order chi connectivity index (χ0) is 13.7. The van der Waals surface area contributed by atoms with E-state index in [4.69, 9.17) is 0 Å². The highest BCUT2D eigenvalue weighted by Gasteiger charge is 2.17. The van der Waals surface area contributed by atoms with Crippen molar-refractivity contribution >= 4 is 17.7 Å². The Hall–Kier alpha value is -1.01. The number of amides is 1. The number of piperidine rings is 1. The topological polar surface area (TPSA) is 50.2 Å². The second-order valence-electron chi connectivity index (χ2n) is 4.96. The van der Waals surface area contributed by atoms with Crippen molar-refractivity contribution in [1.82, 2.24) is 19.8 Å². The summed E-state index contributed by atoms with van der Waals surface area (Å²) in [5, 5.41) is 3.97. The lowest BCUT2D eigenvalue weighted by molar-refractivity contribution is -0.127. The maximum atomic E-state index is 12.1. The molecule has 1 aromatic rings. The van der Waals surface area contributed by atoms with Crippen LogP contribution in [0.3, 0.4) is 0 Å². The van der Waals surface area contributed by atoms with Gasteiger partial charge in [0, 0.05) is 31.7 Å². The molecule has 0 radical (unpaired) electrons. The lowest BCUT2D eigenvalue weighted by Gasteiger charge is -2.23. The average Bonchev–Trinajstić information content (AvgIpc) is 2.82. The maximum absolute atomic E-state index is 12.1. The summed E-state index contributed by atoms with van der Waals surface area (Å²) in [5.74, 6) is 1.68. The fourth-order valence-electron chi connectivity index (χ4n) is 2.11. The molecule has 2 rings (SSSR count). The van der Waals surface area contributed by atoms with E-state index in [2.05, 4.69) is 10.3 Å². The number of hydrogen-bond donors (Lipinski definition) is 1. The van der Waals surface area contributed by atoms with Crippen molar-refractivity contribution in [1.29, 1.82) is 0 Å². The lowest BCUT2D eigenvalue weighted by Crippen LogP contribution is -2.32. The molecule has 1 N–H and O–H groups in total. The molecular weight excluding hydrogens is 260 g/mol. The summed E-state index contributed by atoms with van der Waals surface area (Å²) in [5.41, 5.74) is 0. The number of nitrogens with zero attached hydrogens (tertiary/aromatic N) is 3. The van der Waals surface area contributed by atoms with Gasteiger partial charge in [0.1, 0.15) is 5.82 Å². The van der Waals surface area contributed by atoms with Crippen molar-refractivity contribution in [3.63, 3.8) is 0 Å². The zero-order valence-electron chi connectivity index (χ0n) is 11.6. The molecule has 0 spiro atoms. The van der Waals surface area contributed by atoms with Gasteiger partial charge in [0.05, 0.1) is 12.3 Å². The van der Waals surface area contributed by atoms with Gasteiger partial charge >= 0.3 is 0 Å². The third-order valence-electron chi connectivity index (χ3n) is 3.45. The molecule has 1 aromatic heterocycles. The fourth-order valence-corrected chi connectivity index (χ4v) is 3.28. The Balaban J connectivity index is 1.74. The van der Waals surface area contributed by atoms with E-state index in [1.54, 1.807) is 22.9 Å². The minimum Gasteiger partial charge on any atom is -0.338 e. The standard InChI is InChI=1S/C13H22N4OS/c1-16-8-7-15-12(16)9-17(2)13(18)10-19-11-3-5-14-6-4-11/h7-8,11,14H,3-6,9-10H2,1-2H3. The van der Waals surface area contributed by atoms with Crippen molar-refractivity contribution in [2.45, 2.75) is 24.6 Å². The summed E-state index contributed by atoms with van der Waals surface area (Å²) < 4.78 is 1.95. The molecule has 19 heavy (non-hydrogen) atoms. The Morgan fingerprint density at radius 3 is 2.95 bits per heavy atom. The third kappa shape index (κ3) is 4.24. The molecule has 0 atom stereocenters. The van der Waals surface area contributed by atoms with Crippen LogP contribution in [0.2, 0.25) is 0 Å². The van der Waals surface area contributed by atoms with Gasteiger partial charge in [0.2, 0.25) is 5.91 Å². The third-order valence-corrected chi connectivity index (χ3v) is 4.81. The van der Waals surface area contributed by atoms with Gasteiger partial charge in [0.15, 0.2) is 0 Å². The summed E-state index contributed by atoms with van der Waals surface area (Å²) >= 11 is 1.79. The van der Waals surface area contributed by atoms with Gasteiger partial charge < -0.3 is 14.8 Å². The Kier molecular flexibility index (Phi) is 5.27. The molecule has 0 saturated carbocycles. The van der Waals surface area contributed by atoms with Crippen LogP contribution in [-0.4, -0.2) is 51.5 Å². The molecule has 0 aliphatic carbocycles. The van der Waals surface area contributed by atoms with Crippen molar-refractivity contribution in [2.24, 2.45) is 7.05 Å². The van der Waals surface area contributed by atoms with Crippen LogP contribution in [0.15, 0.2) is 12.4 Å². The van der Waals surface area contributed by atoms with Crippen LogP contribution in [0.1, 0.15) is 18.7 Å². The minimum absolute atomic E-state index is 0.187. The van der Waals surface area contributed by atoms with Gasteiger partial charge in [-0.15, -0.1) is 11.8 Å². The molecule has 1 amide bonds. The summed E-state index contributed by atoms with van der Waals surface area (Å²) in [6.45, 7) is 2.74. The fraction of sp³-hybridized carbons (Fsp3) is 0.692. The first-order valence-corrected chi connectivity index (χ1v) is 7.74.